The molecule has 6 heteroatoms. The van der Waals surface area contributed by atoms with Crippen molar-refractivity contribution in [3.8, 4) is 5.69 Å². The zero-order chi connectivity index (χ0) is 17.0. The normalized spacial score (nSPS) is 14.3. The topological polar surface area (TPSA) is 51.0 Å². The molecule has 0 N–H and O–H groups in total. The van der Waals surface area contributed by atoms with Crippen molar-refractivity contribution in [2.75, 3.05) is 23.5 Å². The molecule has 2 heterocycles. The first kappa shape index (κ1) is 15.1. The van der Waals surface area contributed by atoms with Gasteiger partial charge in [-0.15, -0.1) is 0 Å². The smallest absolute Gasteiger partial charge is 0.230 e. The molecular weight excluding hydrogens is 296 g/mol. The number of carbonyl (C=O) groups is 1. The lowest BCUT2D eigenvalue weighted by Crippen LogP contribution is -2.36. The number of thioether (sulfide) groups is 1. The number of aromatic nitrogens is 3. The molecule has 0 bridgehead atoms. The van der Waals surface area contributed by atoms with Crippen molar-refractivity contribution in [1.29, 1.82) is 0 Å². The van der Waals surface area contributed by atoms with Crippen LogP contribution in [0, 0.1) is 12.8 Å². The van der Waals surface area contributed by atoms with E-state index in [0.29, 0.717) is 12.3 Å². The molecule has 0 radical (unpaired) electrons. The van der Waals surface area contributed by atoms with Crippen LogP contribution in [0.1, 0.15) is 20.9 Å². The zero-order valence-corrected chi connectivity index (χ0v) is 14.2. The molecule has 22 heavy (non-hydrogen) atoms. The molecule has 0 aliphatic carbocycles. The number of anilines is 1. The van der Waals surface area contributed by atoms with E-state index in [9.17, 15) is 4.79 Å². The molecule has 2 aromatic rings. The van der Waals surface area contributed by atoms with Crippen LogP contribution in [-0.2, 0) is 4.79 Å². The minimum atomic E-state index is -1.15. The predicted molar refractivity (Wildman–Crippen MR) is 91.7 cm³/mol. The average molecular weight is 319 g/mol. The molecule has 0 saturated heterocycles. The fraction of sp³-hybridized carbons (Fsp3) is 0.438. The number of rotatable bonds is 6. The summed E-state index contributed by atoms with van der Waals surface area (Å²) in [4.78, 5) is 18.5. The highest BCUT2D eigenvalue weighted by Gasteiger charge is 2.23. The maximum absolute atomic E-state index is 12.8. The van der Waals surface area contributed by atoms with Crippen LogP contribution in [-0.4, -0.2) is 39.2 Å². The Morgan fingerprint density at radius 1 is 1.59 bits per heavy atom. The minimum absolute atomic E-state index is 0.205. The first-order valence-electron chi connectivity index (χ1n) is 7.68. The maximum atomic E-state index is 12.8. The van der Waals surface area contributed by atoms with E-state index in [1.54, 1.807) is 28.9 Å². The van der Waals surface area contributed by atoms with E-state index in [4.69, 9.17) is 1.37 Å². The summed E-state index contributed by atoms with van der Waals surface area (Å²) >= 11 is 1.50. The number of carbonyl (C=O) groups excluding carboxylic acids is 1. The lowest BCUT2D eigenvalue weighted by atomic mass is 10.1. The van der Waals surface area contributed by atoms with Gasteiger partial charge in [0.15, 0.2) is 0 Å². The summed E-state index contributed by atoms with van der Waals surface area (Å²) in [5, 5.41) is 4.48. The van der Waals surface area contributed by atoms with Crippen molar-refractivity contribution in [1.82, 2.24) is 14.8 Å². The molecule has 118 valence electrons. The Morgan fingerprint density at radius 3 is 2.95 bits per heavy atom. The summed E-state index contributed by atoms with van der Waals surface area (Å²) in [7, 11) is 0. The van der Waals surface area contributed by atoms with Crippen LogP contribution < -0.4 is 4.90 Å². The fourth-order valence-corrected chi connectivity index (χ4v) is 2.83. The van der Waals surface area contributed by atoms with E-state index in [2.05, 4.69) is 10.1 Å². The molecule has 1 atom stereocenters. The second-order valence-corrected chi connectivity index (χ2v) is 5.88. The standard InChI is InChI=1S/C16H22N4OS/c1-5-19(16(21)12(2)11-22-4)15-10-20(18-13(15)3)14-7-6-8-17-9-14/h6-10,12H,5,11H2,1-4H3/i12D. The van der Waals surface area contributed by atoms with Gasteiger partial charge in [-0.25, -0.2) is 4.68 Å². The van der Waals surface area contributed by atoms with Crippen molar-refractivity contribution >= 4 is 23.4 Å². The monoisotopic (exact) mass is 319 g/mol. The van der Waals surface area contributed by atoms with Crippen LogP contribution in [0.15, 0.2) is 30.7 Å². The Labute approximate surface area is 137 Å². The summed E-state index contributed by atoms with van der Waals surface area (Å²) in [5.74, 6) is -0.903. The SMILES string of the molecule is [2H]C(C)(CSC)C(=O)N(CC)c1cn(-c2cccnc2)nc1C. The highest BCUT2D eigenvalue weighted by atomic mass is 32.2. The van der Waals surface area contributed by atoms with Gasteiger partial charge in [0.2, 0.25) is 5.91 Å². The van der Waals surface area contributed by atoms with Crippen LogP contribution in [0.3, 0.4) is 0 Å². The van der Waals surface area contributed by atoms with Crippen molar-refractivity contribution in [2.24, 2.45) is 5.89 Å². The molecule has 0 aliphatic rings. The summed E-state index contributed by atoms with van der Waals surface area (Å²) in [6.45, 7) is 5.94. The molecule has 2 aromatic heterocycles. The lowest BCUT2D eigenvalue weighted by molar-refractivity contribution is -0.121. The van der Waals surface area contributed by atoms with E-state index >= 15 is 0 Å². The third-order valence-electron chi connectivity index (χ3n) is 3.36. The van der Waals surface area contributed by atoms with Crippen molar-refractivity contribution < 1.29 is 6.17 Å². The van der Waals surface area contributed by atoms with Crippen LogP contribution in [0.5, 0.6) is 0 Å². The molecule has 0 aromatic carbocycles. The summed E-state index contributed by atoms with van der Waals surface area (Å²) in [5.41, 5.74) is 2.33. The molecular formula is C16H22N4OS. The first-order valence-corrected chi connectivity index (χ1v) is 8.57. The van der Waals surface area contributed by atoms with E-state index in [1.165, 1.54) is 11.8 Å². The minimum Gasteiger partial charge on any atom is -0.309 e. The third kappa shape index (κ3) is 3.50. The molecule has 5 nitrogen and oxygen atoms in total. The van der Waals surface area contributed by atoms with Gasteiger partial charge >= 0.3 is 0 Å². The van der Waals surface area contributed by atoms with Gasteiger partial charge in [-0.2, -0.15) is 16.9 Å². The van der Waals surface area contributed by atoms with Gasteiger partial charge in [0.1, 0.15) is 0 Å². The van der Waals surface area contributed by atoms with Crippen molar-refractivity contribution in [3.63, 3.8) is 0 Å². The van der Waals surface area contributed by atoms with Gasteiger partial charge in [-0.3, -0.25) is 9.78 Å². The molecule has 0 spiro atoms. The summed E-state index contributed by atoms with van der Waals surface area (Å²) in [6, 6.07) is 3.75. The van der Waals surface area contributed by atoms with Gasteiger partial charge < -0.3 is 4.90 Å². The van der Waals surface area contributed by atoms with E-state index in [0.717, 1.165) is 17.1 Å². The molecule has 1 amide bonds. The number of hydrogen-bond donors (Lipinski definition) is 0. The zero-order valence-electron chi connectivity index (χ0n) is 14.4. The number of nitrogens with zero attached hydrogens (tertiary/aromatic N) is 4. The number of pyridine rings is 1. The number of aryl methyl sites for hydroxylation is 1. The molecule has 2 rings (SSSR count). The summed E-state index contributed by atoms with van der Waals surface area (Å²) < 4.78 is 10.0. The van der Waals surface area contributed by atoms with Gasteiger partial charge in [0, 0.05) is 25.8 Å². The lowest BCUT2D eigenvalue weighted by Gasteiger charge is -2.23. The van der Waals surface area contributed by atoms with Crippen LogP contribution in [0.4, 0.5) is 5.69 Å². The molecule has 0 aliphatic heterocycles. The van der Waals surface area contributed by atoms with Gasteiger partial charge in [-0.05, 0) is 32.2 Å². The van der Waals surface area contributed by atoms with Gasteiger partial charge in [0.25, 0.3) is 0 Å². The van der Waals surface area contributed by atoms with Gasteiger partial charge in [0.05, 0.1) is 29.5 Å². The van der Waals surface area contributed by atoms with Crippen LogP contribution in [0.2, 0.25) is 0 Å². The predicted octanol–water partition coefficient (Wildman–Crippen LogP) is 2.93. The van der Waals surface area contributed by atoms with Crippen molar-refractivity contribution in [3.05, 3.63) is 36.4 Å². The Balaban J connectivity index is 2.36. The Hall–Kier alpha value is -1.82. The highest BCUT2D eigenvalue weighted by Crippen LogP contribution is 2.23. The fourth-order valence-electron chi connectivity index (χ4n) is 2.27. The van der Waals surface area contributed by atoms with Gasteiger partial charge in [-0.1, -0.05) is 6.92 Å². The molecule has 0 saturated carbocycles. The maximum Gasteiger partial charge on any atom is 0.230 e. The Bertz CT molecular complexity index is 672. The quantitative estimate of drug-likeness (QED) is 0.821. The first-order chi connectivity index (χ1) is 10.9. The van der Waals surface area contributed by atoms with E-state index in [-0.39, 0.29) is 5.91 Å². The second-order valence-electron chi connectivity index (χ2n) is 5.02. The van der Waals surface area contributed by atoms with Crippen LogP contribution >= 0.6 is 11.8 Å². The van der Waals surface area contributed by atoms with Crippen molar-refractivity contribution in [2.45, 2.75) is 20.8 Å². The van der Waals surface area contributed by atoms with E-state index in [1.807, 2.05) is 38.4 Å². The second kappa shape index (κ2) is 7.45. The molecule has 0 fully saturated rings. The van der Waals surface area contributed by atoms with E-state index < -0.39 is 5.89 Å². The Kier molecular flexibility index (Phi) is 5.11. The average Bonchev–Trinajstić information content (AvgIpc) is 2.91. The largest absolute Gasteiger partial charge is 0.309 e. The van der Waals surface area contributed by atoms with Crippen LogP contribution in [0.25, 0.3) is 5.69 Å². The summed E-state index contributed by atoms with van der Waals surface area (Å²) in [6.07, 6.45) is 7.15. The third-order valence-corrected chi connectivity index (χ3v) is 4.08. The number of hydrogen-bond acceptors (Lipinski definition) is 4. The Morgan fingerprint density at radius 2 is 2.36 bits per heavy atom. The highest BCUT2D eigenvalue weighted by molar-refractivity contribution is 7.98. The molecule has 1 unspecified atom stereocenters. The number of amides is 1.